The molecule has 0 radical (unpaired) electrons. The van der Waals surface area contributed by atoms with Gasteiger partial charge in [0.25, 0.3) is 0 Å². The van der Waals surface area contributed by atoms with E-state index in [2.05, 4.69) is 4.98 Å². The highest BCUT2D eigenvalue weighted by atomic mass is 16.5. The number of benzene rings is 1. The lowest BCUT2D eigenvalue weighted by atomic mass is 10.2. The molecule has 18 heavy (non-hydrogen) atoms. The first-order valence-electron chi connectivity index (χ1n) is 5.32. The van der Waals surface area contributed by atoms with Crippen molar-refractivity contribution < 1.29 is 19.4 Å². The SMILES string of the molecule is COc1cccc2c1OCc1nc(C(=O)O)cn1-2. The van der Waals surface area contributed by atoms with Crippen LogP contribution in [0.25, 0.3) is 5.69 Å². The third kappa shape index (κ3) is 1.42. The Bertz CT molecular complexity index is 633. The number of nitrogens with zero attached hydrogens (tertiary/aromatic N) is 2. The summed E-state index contributed by atoms with van der Waals surface area (Å²) in [6.07, 6.45) is 1.48. The fraction of sp³-hybridized carbons (Fsp3) is 0.167. The predicted molar refractivity (Wildman–Crippen MR) is 61.4 cm³/mol. The molecule has 0 saturated carbocycles. The van der Waals surface area contributed by atoms with Gasteiger partial charge in [-0.15, -0.1) is 0 Å². The van der Waals surface area contributed by atoms with Crippen LogP contribution in [0.2, 0.25) is 0 Å². The summed E-state index contributed by atoms with van der Waals surface area (Å²) < 4.78 is 12.5. The van der Waals surface area contributed by atoms with E-state index in [-0.39, 0.29) is 12.3 Å². The van der Waals surface area contributed by atoms with E-state index in [1.165, 1.54) is 6.20 Å². The molecule has 92 valence electrons. The Kier molecular flexibility index (Phi) is 2.22. The Morgan fingerprint density at radius 2 is 2.39 bits per heavy atom. The standard InChI is InChI=1S/C12H10N2O4/c1-17-9-4-2-3-8-11(9)18-6-10-13-7(12(15)16)5-14(8)10/h2-5H,6H2,1H3,(H,15,16). The number of carbonyl (C=O) groups is 1. The number of hydrogen-bond acceptors (Lipinski definition) is 4. The molecule has 1 aliphatic heterocycles. The maximum Gasteiger partial charge on any atom is 0.356 e. The molecule has 1 aromatic carbocycles. The maximum absolute atomic E-state index is 10.9. The molecule has 2 heterocycles. The van der Waals surface area contributed by atoms with E-state index in [0.717, 1.165) is 5.69 Å². The molecule has 2 aromatic rings. The van der Waals surface area contributed by atoms with Crippen molar-refractivity contribution in [2.45, 2.75) is 6.61 Å². The van der Waals surface area contributed by atoms with Crippen molar-refractivity contribution in [2.24, 2.45) is 0 Å². The largest absolute Gasteiger partial charge is 0.493 e. The van der Waals surface area contributed by atoms with Gasteiger partial charge in [-0.25, -0.2) is 9.78 Å². The summed E-state index contributed by atoms with van der Waals surface area (Å²) in [7, 11) is 1.56. The van der Waals surface area contributed by atoms with Gasteiger partial charge in [0.2, 0.25) is 0 Å². The number of carboxylic acids is 1. The molecule has 0 aliphatic carbocycles. The fourth-order valence-electron chi connectivity index (χ4n) is 1.97. The Morgan fingerprint density at radius 3 is 3.11 bits per heavy atom. The highest BCUT2D eigenvalue weighted by molar-refractivity contribution is 5.85. The second-order valence-electron chi connectivity index (χ2n) is 3.81. The van der Waals surface area contributed by atoms with Gasteiger partial charge in [0.15, 0.2) is 23.0 Å². The molecular formula is C12H10N2O4. The Hall–Kier alpha value is -2.50. The maximum atomic E-state index is 10.9. The summed E-state index contributed by atoms with van der Waals surface area (Å²) in [5, 5.41) is 8.94. The first-order chi connectivity index (χ1) is 8.70. The van der Waals surface area contributed by atoms with Crippen LogP contribution in [0.3, 0.4) is 0 Å². The van der Waals surface area contributed by atoms with Gasteiger partial charge in [-0.2, -0.15) is 0 Å². The van der Waals surface area contributed by atoms with Crippen LogP contribution >= 0.6 is 0 Å². The predicted octanol–water partition coefficient (Wildman–Crippen LogP) is 1.47. The summed E-state index contributed by atoms with van der Waals surface area (Å²) in [4.78, 5) is 14.9. The number of imidazole rings is 1. The third-order valence-corrected chi connectivity index (χ3v) is 2.78. The van der Waals surface area contributed by atoms with Gasteiger partial charge >= 0.3 is 5.97 Å². The van der Waals surface area contributed by atoms with Gasteiger partial charge in [0, 0.05) is 6.20 Å². The topological polar surface area (TPSA) is 73.6 Å². The first kappa shape index (κ1) is 10.6. The van der Waals surface area contributed by atoms with Crippen molar-refractivity contribution in [1.29, 1.82) is 0 Å². The number of hydrogen-bond donors (Lipinski definition) is 1. The van der Waals surface area contributed by atoms with Crippen molar-refractivity contribution in [3.05, 3.63) is 35.9 Å². The van der Waals surface area contributed by atoms with Crippen LogP contribution in [0.15, 0.2) is 24.4 Å². The lowest BCUT2D eigenvalue weighted by Gasteiger charge is -2.20. The molecule has 1 aliphatic rings. The second kappa shape index (κ2) is 3.76. The van der Waals surface area contributed by atoms with Gasteiger partial charge in [-0.1, -0.05) is 6.07 Å². The summed E-state index contributed by atoms with van der Waals surface area (Å²) in [6, 6.07) is 5.43. The van der Waals surface area contributed by atoms with Gasteiger partial charge in [-0.05, 0) is 12.1 Å². The normalized spacial score (nSPS) is 12.3. The zero-order valence-corrected chi connectivity index (χ0v) is 9.58. The summed E-state index contributed by atoms with van der Waals surface area (Å²) in [5.74, 6) is 0.722. The van der Waals surface area contributed by atoms with Gasteiger partial charge in [-0.3, -0.25) is 4.57 Å². The van der Waals surface area contributed by atoms with E-state index in [9.17, 15) is 4.79 Å². The molecule has 0 saturated heterocycles. The van der Waals surface area contributed by atoms with Crippen LogP contribution in [-0.2, 0) is 6.61 Å². The molecule has 6 nitrogen and oxygen atoms in total. The van der Waals surface area contributed by atoms with Crippen LogP contribution in [-0.4, -0.2) is 27.7 Å². The zero-order chi connectivity index (χ0) is 12.7. The molecule has 3 rings (SSSR count). The van der Waals surface area contributed by atoms with Crippen LogP contribution < -0.4 is 9.47 Å². The van der Waals surface area contributed by atoms with Crippen LogP contribution in [0, 0.1) is 0 Å². The highest BCUT2D eigenvalue weighted by Gasteiger charge is 2.23. The lowest BCUT2D eigenvalue weighted by Crippen LogP contribution is -2.13. The molecule has 1 N–H and O–H groups in total. The monoisotopic (exact) mass is 246 g/mol. The third-order valence-electron chi connectivity index (χ3n) is 2.78. The number of para-hydroxylation sites is 1. The zero-order valence-electron chi connectivity index (χ0n) is 9.58. The summed E-state index contributed by atoms with van der Waals surface area (Å²) in [5.41, 5.74) is 0.736. The smallest absolute Gasteiger partial charge is 0.356 e. The number of aromatic nitrogens is 2. The van der Waals surface area contributed by atoms with Gasteiger partial charge in [0.1, 0.15) is 6.61 Å². The van der Waals surface area contributed by atoms with E-state index in [1.807, 2.05) is 12.1 Å². The van der Waals surface area contributed by atoms with Crippen LogP contribution in [0.5, 0.6) is 11.5 Å². The summed E-state index contributed by atoms with van der Waals surface area (Å²) in [6.45, 7) is 0.223. The second-order valence-corrected chi connectivity index (χ2v) is 3.81. The molecule has 1 aromatic heterocycles. The number of ether oxygens (including phenoxy) is 2. The van der Waals surface area contributed by atoms with E-state index in [4.69, 9.17) is 14.6 Å². The van der Waals surface area contributed by atoms with Crippen molar-refractivity contribution >= 4 is 5.97 Å². The average Bonchev–Trinajstić information content (AvgIpc) is 2.82. The number of carboxylic acid groups (broad SMARTS) is 1. The van der Waals surface area contributed by atoms with E-state index < -0.39 is 5.97 Å². The molecule has 0 amide bonds. The first-order valence-corrected chi connectivity index (χ1v) is 5.32. The average molecular weight is 246 g/mol. The number of fused-ring (bicyclic) bond motifs is 3. The van der Waals surface area contributed by atoms with E-state index >= 15 is 0 Å². The molecule has 0 atom stereocenters. The summed E-state index contributed by atoms with van der Waals surface area (Å²) >= 11 is 0. The number of methoxy groups -OCH3 is 1. The van der Waals surface area contributed by atoms with Crippen molar-refractivity contribution in [2.75, 3.05) is 7.11 Å². The highest BCUT2D eigenvalue weighted by Crippen LogP contribution is 2.37. The van der Waals surface area contributed by atoms with Crippen molar-refractivity contribution in [3.8, 4) is 17.2 Å². The fourth-order valence-corrected chi connectivity index (χ4v) is 1.97. The molecule has 0 spiro atoms. The van der Waals surface area contributed by atoms with Crippen LogP contribution in [0.4, 0.5) is 0 Å². The van der Waals surface area contributed by atoms with E-state index in [0.29, 0.717) is 17.3 Å². The van der Waals surface area contributed by atoms with Gasteiger partial charge in [0.05, 0.1) is 12.8 Å². The van der Waals surface area contributed by atoms with E-state index in [1.54, 1.807) is 17.7 Å². The van der Waals surface area contributed by atoms with Crippen LogP contribution in [0.1, 0.15) is 16.3 Å². The molecule has 0 fully saturated rings. The minimum Gasteiger partial charge on any atom is -0.493 e. The molecule has 0 bridgehead atoms. The van der Waals surface area contributed by atoms with Crippen molar-refractivity contribution in [1.82, 2.24) is 9.55 Å². The Morgan fingerprint density at radius 1 is 1.56 bits per heavy atom. The molecular weight excluding hydrogens is 236 g/mol. The van der Waals surface area contributed by atoms with Gasteiger partial charge < -0.3 is 14.6 Å². The minimum absolute atomic E-state index is 0.00395. The quantitative estimate of drug-likeness (QED) is 0.868. The number of aromatic carboxylic acids is 1. The van der Waals surface area contributed by atoms with Crippen molar-refractivity contribution in [3.63, 3.8) is 0 Å². The molecule has 0 unspecified atom stereocenters. The lowest BCUT2D eigenvalue weighted by molar-refractivity contribution is 0.0691. The Labute approximate surface area is 102 Å². The number of rotatable bonds is 2. The Balaban J connectivity index is 2.19. The molecule has 6 heteroatoms. The minimum atomic E-state index is -1.05.